The first-order chi connectivity index (χ1) is 12.9. The maximum absolute atomic E-state index is 12.7. The first kappa shape index (κ1) is 19.5. The molecule has 0 aromatic heterocycles. The molecule has 0 radical (unpaired) electrons. The van der Waals surface area contributed by atoms with Gasteiger partial charge >= 0.3 is 0 Å². The third kappa shape index (κ3) is 5.14. The fraction of sp³-hybridized carbons (Fsp3) is 0.350. The molecule has 1 fully saturated rings. The molecule has 1 saturated heterocycles. The smallest absolute Gasteiger partial charge is 0.271 e. The maximum atomic E-state index is 12.7. The van der Waals surface area contributed by atoms with Gasteiger partial charge in [0.25, 0.3) is 5.69 Å². The van der Waals surface area contributed by atoms with Crippen LogP contribution in [0.3, 0.4) is 0 Å². The second-order valence-corrected chi connectivity index (χ2v) is 7.87. The molecule has 1 heterocycles. The second kappa shape index (κ2) is 8.63. The van der Waals surface area contributed by atoms with E-state index < -0.39 is 4.92 Å². The molecule has 1 unspecified atom stereocenters. The first-order valence-corrected chi connectivity index (χ1v) is 9.74. The highest BCUT2D eigenvalue weighted by molar-refractivity contribution is 9.10. The standard InChI is InChI=1S/C20H22BrN3O3/c1-14-7-8-18(24(26)27)11-19(14)22-20(25)16-5-3-9-23(13-16)12-15-4-2-6-17(21)10-15/h2,4,6-8,10-11,16H,3,5,9,12-13H2,1H3,(H,22,25). The Morgan fingerprint density at radius 3 is 2.89 bits per heavy atom. The highest BCUT2D eigenvalue weighted by Gasteiger charge is 2.26. The molecule has 0 bridgehead atoms. The number of likely N-dealkylation sites (tertiary alicyclic amines) is 1. The molecule has 1 atom stereocenters. The minimum absolute atomic E-state index is 0.0178. The topological polar surface area (TPSA) is 75.5 Å². The zero-order valence-electron chi connectivity index (χ0n) is 15.2. The summed E-state index contributed by atoms with van der Waals surface area (Å²) in [5, 5.41) is 13.9. The SMILES string of the molecule is Cc1ccc([N+](=O)[O-])cc1NC(=O)C1CCCN(Cc2cccc(Br)c2)C1. The summed E-state index contributed by atoms with van der Waals surface area (Å²) in [5.41, 5.74) is 2.52. The van der Waals surface area contributed by atoms with Crippen LogP contribution in [0.4, 0.5) is 11.4 Å². The van der Waals surface area contributed by atoms with Crippen molar-refractivity contribution in [2.45, 2.75) is 26.3 Å². The van der Waals surface area contributed by atoms with Crippen molar-refractivity contribution >= 4 is 33.2 Å². The fourth-order valence-electron chi connectivity index (χ4n) is 3.40. The molecule has 2 aromatic rings. The summed E-state index contributed by atoms with van der Waals surface area (Å²) >= 11 is 3.49. The van der Waals surface area contributed by atoms with E-state index in [1.807, 2.05) is 19.1 Å². The van der Waals surface area contributed by atoms with Crippen LogP contribution < -0.4 is 5.32 Å². The molecule has 1 aliphatic rings. The molecule has 0 saturated carbocycles. The van der Waals surface area contributed by atoms with Crippen molar-refractivity contribution in [3.63, 3.8) is 0 Å². The minimum atomic E-state index is -0.449. The fourth-order valence-corrected chi connectivity index (χ4v) is 3.85. The summed E-state index contributed by atoms with van der Waals surface area (Å²) < 4.78 is 1.05. The van der Waals surface area contributed by atoms with Gasteiger partial charge in [0, 0.05) is 29.7 Å². The van der Waals surface area contributed by atoms with Gasteiger partial charge in [-0.3, -0.25) is 19.8 Å². The van der Waals surface area contributed by atoms with E-state index in [1.165, 1.54) is 17.7 Å². The molecule has 27 heavy (non-hydrogen) atoms. The van der Waals surface area contributed by atoms with Crippen LogP contribution >= 0.6 is 15.9 Å². The number of benzene rings is 2. The Morgan fingerprint density at radius 2 is 2.15 bits per heavy atom. The average Bonchev–Trinajstić information content (AvgIpc) is 2.63. The monoisotopic (exact) mass is 431 g/mol. The molecule has 1 N–H and O–H groups in total. The van der Waals surface area contributed by atoms with Gasteiger partial charge in [0.15, 0.2) is 0 Å². The predicted octanol–water partition coefficient (Wildman–Crippen LogP) is 4.52. The summed E-state index contributed by atoms with van der Waals surface area (Å²) in [6, 6.07) is 12.7. The zero-order chi connectivity index (χ0) is 19.4. The van der Waals surface area contributed by atoms with E-state index in [0.29, 0.717) is 12.2 Å². The molecule has 1 aliphatic heterocycles. The molecule has 142 valence electrons. The van der Waals surface area contributed by atoms with Gasteiger partial charge in [-0.25, -0.2) is 0 Å². The predicted molar refractivity (Wildman–Crippen MR) is 109 cm³/mol. The number of carbonyl (C=O) groups is 1. The zero-order valence-corrected chi connectivity index (χ0v) is 16.7. The van der Waals surface area contributed by atoms with E-state index in [2.05, 4.69) is 38.3 Å². The highest BCUT2D eigenvalue weighted by atomic mass is 79.9. The van der Waals surface area contributed by atoms with Gasteiger partial charge in [-0.2, -0.15) is 0 Å². The number of carbonyl (C=O) groups excluding carboxylic acids is 1. The molecule has 6 nitrogen and oxygen atoms in total. The van der Waals surface area contributed by atoms with Crippen LogP contribution in [0.15, 0.2) is 46.9 Å². The number of nitro benzene ring substituents is 1. The minimum Gasteiger partial charge on any atom is -0.325 e. The Balaban J connectivity index is 1.65. The number of nitrogens with zero attached hydrogens (tertiary/aromatic N) is 2. The maximum Gasteiger partial charge on any atom is 0.271 e. The molecule has 2 aromatic carbocycles. The van der Waals surface area contributed by atoms with Gasteiger partial charge in [0.1, 0.15) is 0 Å². The van der Waals surface area contributed by atoms with Crippen LogP contribution in [-0.2, 0) is 11.3 Å². The van der Waals surface area contributed by atoms with Crippen molar-refractivity contribution in [1.29, 1.82) is 0 Å². The van der Waals surface area contributed by atoms with Crippen LogP contribution in [0.2, 0.25) is 0 Å². The number of anilines is 1. The van der Waals surface area contributed by atoms with Crippen molar-refractivity contribution in [1.82, 2.24) is 4.90 Å². The number of amides is 1. The third-order valence-electron chi connectivity index (χ3n) is 4.86. The Hall–Kier alpha value is -2.25. The van der Waals surface area contributed by atoms with Gasteiger partial charge in [-0.15, -0.1) is 0 Å². The van der Waals surface area contributed by atoms with E-state index in [-0.39, 0.29) is 17.5 Å². The van der Waals surface area contributed by atoms with Crippen molar-refractivity contribution in [3.05, 3.63) is 68.2 Å². The number of piperidine rings is 1. The second-order valence-electron chi connectivity index (χ2n) is 6.95. The number of nitrogens with one attached hydrogen (secondary N) is 1. The van der Waals surface area contributed by atoms with E-state index in [9.17, 15) is 14.9 Å². The molecule has 0 aliphatic carbocycles. The Bertz CT molecular complexity index is 856. The number of halogens is 1. The Labute approximate surface area is 166 Å². The molecule has 7 heteroatoms. The number of rotatable bonds is 5. The average molecular weight is 432 g/mol. The molecule has 3 rings (SSSR count). The number of hydrogen-bond acceptors (Lipinski definition) is 4. The van der Waals surface area contributed by atoms with E-state index in [4.69, 9.17) is 0 Å². The molecule has 1 amide bonds. The van der Waals surface area contributed by atoms with E-state index >= 15 is 0 Å². The third-order valence-corrected chi connectivity index (χ3v) is 5.35. The number of hydrogen-bond donors (Lipinski definition) is 1. The van der Waals surface area contributed by atoms with Crippen LogP contribution in [0.1, 0.15) is 24.0 Å². The van der Waals surface area contributed by atoms with Crippen LogP contribution in [-0.4, -0.2) is 28.8 Å². The van der Waals surface area contributed by atoms with Gasteiger partial charge in [0.2, 0.25) is 5.91 Å². The Kier molecular flexibility index (Phi) is 6.23. The lowest BCUT2D eigenvalue weighted by Crippen LogP contribution is -2.40. The van der Waals surface area contributed by atoms with Crippen molar-refractivity contribution in [2.75, 3.05) is 18.4 Å². The molecular formula is C20H22BrN3O3. The normalized spacial score (nSPS) is 17.5. The van der Waals surface area contributed by atoms with Gasteiger partial charge in [0.05, 0.1) is 16.5 Å². The van der Waals surface area contributed by atoms with Crippen LogP contribution in [0.5, 0.6) is 0 Å². The summed E-state index contributed by atoms with van der Waals surface area (Å²) in [4.78, 5) is 25.6. The van der Waals surface area contributed by atoms with Crippen molar-refractivity contribution < 1.29 is 9.72 Å². The van der Waals surface area contributed by atoms with Gasteiger partial charge < -0.3 is 5.32 Å². The summed E-state index contributed by atoms with van der Waals surface area (Å²) in [7, 11) is 0. The lowest BCUT2D eigenvalue weighted by molar-refractivity contribution is -0.384. The van der Waals surface area contributed by atoms with Crippen LogP contribution in [0, 0.1) is 23.0 Å². The van der Waals surface area contributed by atoms with Crippen molar-refractivity contribution in [3.8, 4) is 0 Å². The molecule has 0 spiro atoms. The highest BCUT2D eigenvalue weighted by Crippen LogP contribution is 2.25. The summed E-state index contributed by atoms with van der Waals surface area (Å²) in [6.07, 6.45) is 1.79. The lowest BCUT2D eigenvalue weighted by Gasteiger charge is -2.32. The van der Waals surface area contributed by atoms with Crippen molar-refractivity contribution in [2.24, 2.45) is 5.92 Å². The lowest BCUT2D eigenvalue weighted by atomic mass is 9.96. The Morgan fingerprint density at radius 1 is 1.33 bits per heavy atom. The van der Waals surface area contributed by atoms with E-state index in [1.54, 1.807) is 6.07 Å². The summed E-state index contributed by atoms with van der Waals surface area (Å²) in [6.45, 7) is 4.29. The van der Waals surface area contributed by atoms with Gasteiger partial charge in [-0.05, 0) is 49.6 Å². The summed E-state index contributed by atoms with van der Waals surface area (Å²) in [5.74, 6) is -0.192. The quantitative estimate of drug-likeness (QED) is 0.557. The van der Waals surface area contributed by atoms with E-state index in [0.717, 1.165) is 36.0 Å². The number of aryl methyl sites for hydroxylation is 1. The number of nitro groups is 1. The largest absolute Gasteiger partial charge is 0.325 e. The molecular weight excluding hydrogens is 410 g/mol. The van der Waals surface area contributed by atoms with Crippen LogP contribution in [0.25, 0.3) is 0 Å². The first-order valence-electron chi connectivity index (χ1n) is 8.95. The van der Waals surface area contributed by atoms with Gasteiger partial charge in [-0.1, -0.05) is 34.1 Å². The number of non-ortho nitro benzene ring substituents is 1.